The summed E-state index contributed by atoms with van der Waals surface area (Å²) in [6.07, 6.45) is 6.21. The summed E-state index contributed by atoms with van der Waals surface area (Å²) in [6, 6.07) is 14.6. The predicted octanol–water partition coefficient (Wildman–Crippen LogP) is 2.92. The molecule has 3 aromatic rings. The highest BCUT2D eigenvalue weighted by Gasteiger charge is 2.08. The number of nitrogens with zero attached hydrogens (tertiary/aromatic N) is 3. The van der Waals surface area contributed by atoms with Crippen molar-refractivity contribution < 1.29 is 4.79 Å². The number of benzene rings is 2. The van der Waals surface area contributed by atoms with Crippen LogP contribution in [-0.4, -0.2) is 40.6 Å². The number of imidazole rings is 1. The van der Waals surface area contributed by atoms with Gasteiger partial charge >= 0.3 is 6.03 Å². The Bertz CT molecular complexity index is 793. The number of urea groups is 1. The Morgan fingerprint density at radius 3 is 2.88 bits per heavy atom. The molecule has 5 heteroatoms. The third-order valence-corrected chi connectivity index (χ3v) is 4.15. The van der Waals surface area contributed by atoms with Crippen LogP contribution in [0.5, 0.6) is 0 Å². The summed E-state index contributed by atoms with van der Waals surface area (Å²) in [5.41, 5.74) is 1.27. The molecule has 0 unspecified atom stereocenters. The topological polar surface area (TPSA) is 50.2 Å². The van der Waals surface area contributed by atoms with Gasteiger partial charge in [-0.15, -0.1) is 0 Å². The molecule has 0 bridgehead atoms. The van der Waals surface area contributed by atoms with Crippen LogP contribution >= 0.6 is 0 Å². The highest BCUT2D eigenvalue weighted by atomic mass is 16.2. The van der Waals surface area contributed by atoms with Crippen molar-refractivity contribution in [2.24, 2.45) is 0 Å². The minimum Gasteiger partial charge on any atom is -0.336 e. The average Bonchev–Trinajstić information content (AvgIpc) is 3.13. The van der Waals surface area contributed by atoms with Crippen molar-refractivity contribution in [2.75, 3.05) is 20.1 Å². The number of aromatic nitrogens is 2. The Balaban J connectivity index is 1.50. The Kier molecular flexibility index (Phi) is 5.11. The van der Waals surface area contributed by atoms with Crippen LogP contribution in [-0.2, 0) is 13.0 Å². The van der Waals surface area contributed by atoms with Crippen molar-refractivity contribution in [3.05, 3.63) is 66.7 Å². The van der Waals surface area contributed by atoms with E-state index in [1.165, 1.54) is 16.3 Å². The van der Waals surface area contributed by atoms with E-state index in [-0.39, 0.29) is 6.03 Å². The van der Waals surface area contributed by atoms with E-state index in [0.29, 0.717) is 13.1 Å². The maximum Gasteiger partial charge on any atom is 0.317 e. The van der Waals surface area contributed by atoms with Gasteiger partial charge in [0.2, 0.25) is 0 Å². The van der Waals surface area contributed by atoms with Gasteiger partial charge in [-0.2, -0.15) is 0 Å². The molecule has 0 aliphatic rings. The lowest BCUT2D eigenvalue weighted by Crippen LogP contribution is -2.39. The molecule has 0 saturated heterocycles. The van der Waals surface area contributed by atoms with Crippen molar-refractivity contribution in [3.63, 3.8) is 0 Å². The molecule has 2 aromatic carbocycles. The van der Waals surface area contributed by atoms with Crippen molar-refractivity contribution in [1.29, 1.82) is 0 Å². The summed E-state index contributed by atoms with van der Waals surface area (Å²) in [5.74, 6) is 0. The summed E-state index contributed by atoms with van der Waals surface area (Å²) in [6.45, 7) is 2.00. The van der Waals surface area contributed by atoms with Gasteiger partial charge in [0, 0.05) is 39.1 Å². The van der Waals surface area contributed by atoms with E-state index in [1.807, 2.05) is 23.9 Å². The Morgan fingerprint density at radius 2 is 2.04 bits per heavy atom. The SMILES string of the molecule is CN(CCc1cccc2ccccc12)C(=O)NCCn1ccnc1. The molecule has 0 aliphatic carbocycles. The van der Waals surface area contributed by atoms with Crippen molar-refractivity contribution in [1.82, 2.24) is 19.8 Å². The monoisotopic (exact) mass is 322 g/mol. The normalized spacial score (nSPS) is 10.7. The third-order valence-electron chi connectivity index (χ3n) is 4.15. The molecule has 0 spiro atoms. The van der Waals surface area contributed by atoms with Crippen LogP contribution in [0.15, 0.2) is 61.2 Å². The van der Waals surface area contributed by atoms with Crippen molar-refractivity contribution in [3.8, 4) is 0 Å². The zero-order chi connectivity index (χ0) is 16.8. The first kappa shape index (κ1) is 16.1. The smallest absolute Gasteiger partial charge is 0.317 e. The van der Waals surface area contributed by atoms with E-state index >= 15 is 0 Å². The summed E-state index contributed by atoms with van der Waals surface area (Å²) in [4.78, 5) is 17.9. The van der Waals surface area contributed by atoms with Gasteiger partial charge in [0.1, 0.15) is 0 Å². The molecule has 0 fully saturated rings. The van der Waals surface area contributed by atoms with E-state index in [2.05, 4.69) is 46.7 Å². The second-order valence-corrected chi connectivity index (χ2v) is 5.84. The Labute approximate surface area is 141 Å². The van der Waals surface area contributed by atoms with Crippen LogP contribution < -0.4 is 5.32 Å². The fourth-order valence-electron chi connectivity index (χ4n) is 2.75. The molecule has 0 saturated carbocycles. The molecule has 1 aromatic heterocycles. The maximum absolute atomic E-state index is 12.1. The number of amides is 2. The number of rotatable bonds is 6. The quantitative estimate of drug-likeness (QED) is 0.758. The van der Waals surface area contributed by atoms with Crippen molar-refractivity contribution >= 4 is 16.8 Å². The number of nitrogens with one attached hydrogen (secondary N) is 1. The number of hydrogen-bond acceptors (Lipinski definition) is 2. The largest absolute Gasteiger partial charge is 0.336 e. The van der Waals surface area contributed by atoms with Gasteiger partial charge < -0.3 is 14.8 Å². The highest BCUT2D eigenvalue weighted by molar-refractivity contribution is 5.85. The van der Waals surface area contributed by atoms with Gasteiger partial charge in [-0.3, -0.25) is 0 Å². The predicted molar refractivity (Wildman–Crippen MR) is 95.9 cm³/mol. The number of likely N-dealkylation sites (N-methyl/N-ethyl adjacent to an activating group) is 1. The molecule has 2 amide bonds. The number of carbonyl (C=O) groups is 1. The Morgan fingerprint density at radius 1 is 1.21 bits per heavy atom. The molecule has 0 radical (unpaired) electrons. The molecule has 1 N–H and O–H groups in total. The molecular weight excluding hydrogens is 300 g/mol. The van der Waals surface area contributed by atoms with E-state index in [0.717, 1.165) is 13.0 Å². The molecule has 0 aliphatic heterocycles. The molecular formula is C19H22N4O. The standard InChI is InChI=1S/C19H22N4O/c1-22(19(24)21-11-14-23-13-10-20-15-23)12-9-17-7-4-6-16-5-2-3-8-18(16)17/h2-8,10,13,15H,9,11-12,14H2,1H3,(H,21,24). The van der Waals surface area contributed by atoms with Gasteiger partial charge in [-0.05, 0) is 22.8 Å². The van der Waals surface area contributed by atoms with Gasteiger partial charge in [0.05, 0.1) is 6.33 Å². The molecule has 5 nitrogen and oxygen atoms in total. The van der Waals surface area contributed by atoms with Crippen molar-refractivity contribution in [2.45, 2.75) is 13.0 Å². The van der Waals surface area contributed by atoms with Crippen LogP contribution in [0.2, 0.25) is 0 Å². The fourth-order valence-corrected chi connectivity index (χ4v) is 2.75. The molecule has 124 valence electrons. The Hall–Kier alpha value is -2.82. The molecule has 1 heterocycles. The molecule has 0 atom stereocenters. The first-order valence-electron chi connectivity index (χ1n) is 8.15. The van der Waals surface area contributed by atoms with Gasteiger partial charge in [0.25, 0.3) is 0 Å². The summed E-state index contributed by atoms with van der Waals surface area (Å²) >= 11 is 0. The highest BCUT2D eigenvalue weighted by Crippen LogP contribution is 2.18. The zero-order valence-electron chi connectivity index (χ0n) is 13.9. The second kappa shape index (κ2) is 7.64. The number of fused-ring (bicyclic) bond motifs is 1. The fraction of sp³-hybridized carbons (Fsp3) is 0.263. The lowest BCUT2D eigenvalue weighted by atomic mass is 10.0. The lowest BCUT2D eigenvalue weighted by Gasteiger charge is -2.18. The van der Waals surface area contributed by atoms with Gasteiger partial charge in [-0.1, -0.05) is 42.5 Å². The molecule has 3 rings (SSSR count). The van der Waals surface area contributed by atoms with E-state index in [9.17, 15) is 4.79 Å². The lowest BCUT2D eigenvalue weighted by molar-refractivity contribution is 0.209. The minimum atomic E-state index is -0.0460. The molecule has 24 heavy (non-hydrogen) atoms. The average molecular weight is 322 g/mol. The van der Waals surface area contributed by atoms with Crippen LogP contribution in [0.1, 0.15) is 5.56 Å². The summed E-state index contributed by atoms with van der Waals surface area (Å²) in [7, 11) is 1.83. The van der Waals surface area contributed by atoms with Crippen LogP contribution in [0.3, 0.4) is 0 Å². The van der Waals surface area contributed by atoms with Crippen LogP contribution in [0, 0.1) is 0 Å². The first-order valence-corrected chi connectivity index (χ1v) is 8.15. The van der Waals surface area contributed by atoms with Crippen LogP contribution in [0.4, 0.5) is 4.79 Å². The summed E-state index contributed by atoms with van der Waals surface area (Å²) < 4.78 is 1.94. The van der Waals surface area contributed by atoms with E-state index < -0.39 is 0 Å². The van der Waals surface area contributed by atoms with Gasteiger partial charge in [0.15, 0.2) is 0 Å². The zero-order valence-corrected chi connectivity index (χ0v) is 13.9. The van der Waals surface area contributed by atoms with E-state index in [1.54, 1.807) is 17.4 Å². The maximum atomic E-state index is 12.1. The first-order chi connectivity index (χ1) is 11.7. The number of carbonyl (C=O) groups excluding carboxylic acids is 1. The third kappa shape index (κ3) is 3.93. The second-order valence-electron chi connectivity index (χ2n) is 5.84. The minimum absolute atomic E-state index is 0.0460. The summed E-state index contributed by atoms with van der Waals surface area (Å²) in [5, 5.41) is 5.43. The number of hydrogen-bond donors (Lipinski definition) is 1. The van der Waals surface area contributed by atoms with Crippen LogP contribution in [0.25, 0.3) is 10.8 Å². The van der Waals surface area contributed by atoms with Gasteiger partial charge in [-0.25, -0.2) is 9.78 Å². The van der Waals surface area contributed by atoms with E-state index in [4.69, 9.17) is 0 Å².